The molecule has 0 aliphatic rings. The first kappa shape index (κ1) is 21.4. The molecule has 0 saturated carbocycles. The van der Waals surface area contributed by atoms with Crippen LogP contribution < -0.4 is 16.4 Å². The number of hydrogen-bond donors (Lipinski definition) is 3. The van der Waals surface area contributed by atoms with Gasteiger partial charge in [0.05, 0.1) is 12.2 Å². The van der Waals surface area contributed by atoms with Crippen molar-refractivity contribution in [1.29, 1.82) is 0 Å². The molecule has 0 aliphatic heterocycles. The van der Waals surface area contributed by atoms with Gasteiger partial charge in [-0.3, -0.25) is 4.79 Å². The predicted octanol–water partition coefficient (Wildman–Crippen LogP) is 2.83. The van der Waals surface area contributed by atoms with E-state index in [1.54, 1.807) is 23.5 Å². The van der Waals surface area contributed by atoms with Crippen molar-refractivity contribution in [3.05, 3.63) is 39.7 Å². The highest BCUT2D eigenvalue weighted by molar-refractivity contribution is 14.0. The van der Waals surface area contributed by atoms with Crippen molar-refractivity contribution >= 4 is 47.2 Å². The summed E-state index contributed by atoms with van der Waals surface area (Å²) in [7, 11) is 0. The molecule has 0 saturated heterocycles. The van der Waals surface area contributed by atoms with Gasteiger partial charge in [-0.05, 0) is 25.0 Å². The number of aliphatic imine (C=N–C) groups is 1. The van der Waals surface area contributed by atoms with E-state index in [0.29, 0.717) is 30.7 Å². The highest BCUT2D eigenvalue weighted by Crippen LogP contribution is 2.17. The molecule has 138 valence electrons. The van der Waals surface area contributed by atoms with E-state index in [9.17, 15) is 4.79 Å². The standard InChI is InChI=1S/C16H23N5O2S.HI/c1-4-18-16(19-7-11-5-6-13(23-11)15(17)22)20-8-14-21-12(9-24-14)10(2)3;/h5-6,9-10H,4,7-8H2,1-3H3,(H2,17,22)(H2,18,19,20);1H. The van der Waals surface area contributed by atoms with E-state index in [4.69, 9.17) is 10.2 Å². The molecule has 25 heavy (non-hydrogen) atoms. The van der Waals surface area contributed by atoms with Gasteiger partial charge < -0.3 is 20.8 Å². The zero-order valence-corrected chi connectivity index (χ0v) is 17.7. The third-order valence-corrected chi connectivity index (χ3v) is 4.08. The van der Waals surface area contributed by atoms with Gasteiger partial charge in [0.25, 0.3) is 5.91 Å². The summed E-state index contributed by atoms with van der Waals surface area (Å²) >= 11 is 1.63. The lowest BCUT2D eigenvalue weighted by molar-refractivity contribution is 0.0972. The molecule has 0 radical (unpaired) electrons. The number of aromatic nitrogens is 1. The Labute approximate surface area is 168 Å². The van der Waals surface area contributed by atoms with Gasteiger partial charge in [0, 0.05) is 11.9 Å². The maximum atomic E-state index is 11.0. The van der Waals surface area contributed by atoms with Gasteiger partial charge in [0.2, 0.25) is 0 Å². The lowest BCUT2D eigenvalue weighted by atomic mass is 10.2. The average molecular weight is 477 g/mol. The average Bonchev–Trinajstić information content (AvgIpc) is 3.19. The molecule has 0 aliphatic carbocycles. The van der Waals surface area contributed by atoms with Crippen LogP contribution in [0.2, 0.25) is 0 Å². The molecule has 0 bridgehead atoms. The monoisotopic (exact) mass is 477 g/mol. The second-order valence-electron chi connectivity index (χ2n) is 5.50. The Morgan fingerprint density at radius 1 is 1.40 bits per heavy atom. The second kappa shape index (κ2) is 10.4. The van der Waals surface area contributed by atoms with Crippen LogP contribution in [-0.2, 0) is 13.1 Å². The molecule has 2 aromatic rings. The largest absolute Gasteiger partial charge is 0.454 e. The molecule has 1 amide bonds. The number of amides is 1. The first-order valence-corrected chi connectivity index (χ1v) is 8.72. The summed E-state index contributed by atoms with van der Waals surface area (Å²) in [5, 5.41) is 9.50. The minimum Gasteiger partial charge on any atom is -0.454 e. The van der Waals surface area contributed by atoms with Crippen LogP contribution in [0.1, 0.15) is 53.7 Å². The van der Waals surface area contributed by atoms with E-state index in [1.807, 2.05) is 6.92 Å². The molecule has 0 spiro atoms. The third kappa shape index (κ3) is 6.65. The Hall–Kier alpha value is -1.62. The molecule has 9 heteroatoms. The Kier molecular flexibility index (Phi) is 8.90. The topological polar surface area (TPSA) is 106 Å². The van der Waals surface area contributed by atoms with Crippen LogP contribution in [0.3, 0.4) is 0 Å². The number of hydrogen-bond acceptors (Lipinski definition) is 5. The number of nitrogens with zero attached hydrogens (tertiary/aromatic N) is 2. The number of nitrogens with one attached hydrogen (secondary N) is 2. The lowest BCUT2D eigenvalue weighted by Crippen LogP contribution is -2.36. The first-order chi connectivity index (χ1) is 11.5. The van der Waals surface area contributed by atoms with Gasteiger partial charge in [-0.15, -0.1) is 35.3 Å². The van der Waals surface area contributed by atoms with Crippen LogP contribution >= 0.6 is 35.3 Å². The number of nitrogens with two attached hydrogens (primary N) is 1. The molecule has 2 aromatic heterocycles. The van der Waals surface area contributed by atoms with Gasteiger partial charge >= 0.3 is 0 Å². The van der Waals surface area contributed by atoms with Crippen LogP contribution in [0.25, 0.3) is 0 Å². The molecular formula is C16H24IN5O2S. The van der Waals surface area contributed by atoms with E-state index in [2.05, 4.69) is 39.8 Å². The van der Waals surface area contributed by atoms with Gasteiger partial charge in [0.1, 0.15) is 17.3 Å². The smallest absolute Gasteiger partial charge is 0.284 e. The van der Waals surface area contributed by atoms with E-state index in [1.165, 1.54) is 0 Å². The van der Waals surface area contributed by atoms with Crippen molar-refractivity contribution in [1.82, 2.24) is 15.6 Å². The van der Waals surface area contributed by atoms with Gasteiger partial charge in [0.15, 0.2) is 11.7 Å². The van der Waals surface area contributed by atoms with E-state index in [0.717, 1.165) is 17.2 Å². The molecule has 2 heterocycles. The van der Waals surface area contributed by atoms with Gasteiger partial charge in [-0.25, -0.2) is 9.98 Å². The van der Waals surface area contributed by atoms with E-state index in [-0.39, 0.29) is 29.7 Å². The Morgan fingerprint density at radius 3 is 2.72 bits per heavy atom. The highest BCUT2D eigenvalue weighted by atomic mass is 127. The first-order valence-electron chi connectivity index (χ1n) is 7.84. The Bertz CT molecular complexity index is 711. The number of thiazole rings is 1. The van der Waals surface area contributed by atoms with Crippen molar-refractivity contribution < 1.29 is 9.21 Å². The third-order valence-electron chi connectivity index (χ3n) is 3.21. The summed E-state index contributed by atoms with van der Waals surface area (Å²) in [6.07, 6.45) is 0. The zero-order chi connectivity index (χ0) is 17.5. The molecule has 7 nitrogen and oxygen atoms in total. The summed E-state index contributed by atoms with van der Waals surface area (Å²) in [5.41, 5.74) is 6.27. The number of furan rings is 1. The molecule has 4 N–H and O–H groups in total. The number of rotatable bonds is 7. The number of carbonyl (C=O) groups is 1. The van der Waals surface area contributed by atoms with Crippen molar-refractivity contribution in [2.45, 2.75) is 39.8 Å². The lowest BCUT2D eigenvalue weighted by Gasteiger charge is -2.09. The fourth-order valence-electron chi connectivity index (χ4n) is 1.92. The summed E-state index contributed by atoms with van der Waals surface area (Å²) in [5.74, 6) is 1.23. The van der Waals surface area contributed by atoms with Crippen molar-refractivity contribution in [2.24, 2.45) is 10.7 Å². The Morgan fingerprint density at radius 2 is 2.16 bits per heavy atom. The number of carbonyl (C=O) groups excluding carboxylic acids is 1. The van der Waals surface area contributed by atoms with Crippen LogP contribution in [0.15, 0.2) is 26.9 Å². The SMILES string of the molecule is CCNC(=NCc1ccc(C(N)=O)o1)NCc1nc(C(C)C)cs1.I. The summed E-state index contributed by atoms with van der Waals surface area (Å²) < 4.78 is 5.32. The maximum absolute atomic E-state index is 11.0. The molecule has 0 atom stereocenters. The minimum atomic E-state index is -0.583. The molecule has 0 aromatic carbocycles. The number of halogens is 1. The van der Waals surface area contributed by atoms with E-state index < -0.39 is 5.91 Å². The summed E-state index contributed by atoms with van der Waals surface area (Å²) in [6, 6.07) is 3.25. The number of primary amides is 1. The van der Waals surface area contributed by atoms with Crippen molar-refractivity contribution in [2.75, 3.05) is 6.54 Å². The fraction of sp³-hybridized carbons (Fsp3) is 0.438. The summed E-state index contributed by atoms with van der Waals surface area (Å²) in [6.45, 7) is 7.91. The van der Waals surface area contributed by atoms with Crippen LogP contribution in [0, 0.1) is 0 Å². The Balaban J connectivity index is 0.00000312. The van der Waals surface area contributed by atoms with Gasteiger partial charge in [-0.1, -0.05) is 13.8 Å². The van der Waals surface area contributed by atoms with Crippen molar-refractivity contribution in [3.63, 3.8) is 0 Å². The van der Waals surface area contributed by atoms with Gasteiger partial charge in [-0.2, -0.15) is 0 Å². The summed E-state index contributed by atoms with van der Waals surface area (Å²) in [4.78, 5) is 20.1. The molecule has 2 rings (SSSR count). The molecule has 0 unspecified atom stereocenters. The maximum Gasteiger partial charge on any atom is 0.284 e. The fourth-order valence-corrected chi connectivity index (χ4v) is 2.82. The zero-order valence-electron chi connectivity index (χ0n) is 14.5. The van der Waals surface area contributed by atoms with Crippen LogP contribution in [0.5, 0.6) is 0 Å². The highest BCUT2D eigenvalue weighted by Gasteiger charge is 2.08. The van der Waals surface area contributed by atoms with E-state index >= 15 is 0 Å². The second-order valence-corrected chi connectivity index (χ2v) is 6.44. The van der Waals surface area contributed by atoms with Crippen molar-refractivity contribution in [3.8, 4) is 0 Å². The normalized spacial score (nSPS) is 11.3. The predicted molar refractivity (Wildman–Crippen MR) is 110 cm³/mol. The molecular weight excluding hydrogens is 453 g/mol. The molecule has 0 fully saturated rings. The van der Waals surface area contributed by atoms with Crippen LogP contribution in [-0.4, -0.2) is 23.4 Å². The number of guanidine groups is 1. The quantitative estimate of drug-likeness (QED) is 0.323. The minimum absolute atomic E-state index is 0. The van der Waals surface area contributed by atoms with Crippen LogP contribution in [0.4, 0.5) is 0 Å².